The Bertz CT molecular complexity index is 476. The third kappa shape index (κ3) is 1.62. The van der Waals surface area contributed by atoms with Crippen molar-refractivity contribution in [2.24, 2.45) is 0 Å². The van der Waals surface area contributed by atoms with Crippen LogP contribution in [0.5, 0.6) is 0 Å². The maximum Gasteiger partial charge on any atom is 0.164 e. The van der Waals surface area contributed by atoms with Crippen LogP contribution >= 0.6 is 0 Å². The second kappa shape index (κ2) is 3.42. The highest BCUT2D eigenvalue weighted by Gasteiger charge is 2.48. The number of ketones is 1. The average molecular weight is 230 g/mol. The molecule has 2 nitrogen and oxygen atoms in total. The van der Waals surface area contributed by atoms with Gasteiger partial charge in [0.25, 0.3) is 0 Å². The van der Waals surface area contributed by atoms with Gasteiger partial charge in [-0.05, 0) is 32.3 Å². The van der Waals surface area contributed by atoms with E-state index in [0.29, 0.717) is 12.2 Å². The number of Topliss-reactive ketones (excluding diaryl/α,β-unsaturated/α-hetero) is 1. The lowest BCUT2D eigenvalue weighted by molar-refractivity contribution is -0.0809. The van der Waals surface area contributed by atoms with E-state index in [1.54, 1.807) is 0 Å². The first-order chi connectivity index (χ1) is 8.03. The smallest absolute Gasteiger partial charge is 0.164 e. The molecule has 90 valence electrons. The van der Waals surface area contributed by atoms with Crippen molar-refractivity contribution in [3.05, 3.63) is 35.4 Å². The minimum absolute atomic E-state index is 0.0371. The molecule has 0 radical (unpaired) electrons. The number of fused-ring (bicyclic) bond motifs is 2. The molecular weight excluding hydrogens is 212 g/mol. The molecule has 1 unspecified atom stereocenters. The van der Waals surface area contributed by atoms with Crippen molar-refractivity contribution < 1.29 is 9.53 Å². The summed E-state index contributed by atoms with van der Waals surface area (Å²) in [7, 11) is 0. The molecule has 1 fully saturated rings. The predicted octanol–water partition coefficient (Wildman–Crippen LogP) is 3.10. The molecule has 2 heteroatoms. The summed E-state index contributed by atoms with van der Waals surface area (Å²) in [5, 5.41) is 0. The Kier molecular flexibility index (Phi) is 2.21. The second-order valence-corrected chi connectivity index (χ2v) is 5.96. The minimum atomic E-state index is -0.115. The summed E-state index contributed by atoms with van der Waals surface area (Å²) in [6, 6.07) is 8.10. The molecule has 0 amide bonds. The first-order valence-corrected chi connectivity index (χ1v) is 6.29. The number of hydrogen-bond acceptors (Lipinski definition) is 2. The molecule has 0 aromatic heterocycles. The van der Waals surface area contributed by atoms with E-state index in [2.05, 4.69) is 19.9 Å². The Morgan fingerprint density at radius 2 is 2.00 bits per heavy atom. The number of rotatable bonds is 0. The average Bonchev–Trinajstić information content (AvgIpc) is 2.51. The maximum absolute atomic E-state index is 12.1. The number of ether oxygens (including phenoxy) is 1. The predicted molar refractivity (Wildman–Crippen MR) is 66.3 cm³/mol. The van der Waals surface area contributed by atoms with Crippen LogP contribution in [0.2, 0.25) is 0 Å². The van der Waals surface area contributed by atoms with Gasteiger partial charge in [0.2, 0.25) is 0 Å². The van der Waals surface area contributed by atoms with Crippen molar-refractivity contribution in [3.8, 4) is 0 Å². The largest absolute Gasteiger partial charge is 0.376 e. The molecule has 1 aromatic rings. The Morgan fingerprint density at radius 3 is 2.76 bits per heavy atom. The zero-order valence-electron chi connectivity index (χ0n) is 10.5. The van der Waals surface area contributed by atoms with Crippen molar-refractivity contribution in [1.82, 2.24) is 0 Å². The van der Waals surface area contributed by atoms with E-state index in [1.165, 1.54) is 5.56 Å². The summed E-state index contributed by atoms with van der Waals surface area (Å²) in [6.45, 7) is 5.01. The molecule has 3 rings (SSSR count). The van der Waals surface area contributed by atoms with Crippen LogP contribution in [0.1, 0.15) is 49.0 Å². The molecule has 0 bridgehead atoms. The van der Waals surface area contributed by atoms with Gasteiger partial charge in [-0.25, -0.2) is 0 Å². The van der Waals surface area contributed by atoms with Crippen LogP contribution < -0.4 is 0 Å². The van der Waals surface area contributed by atoms with E-state index >= 15 is 0 Å². The summed E-state index contributed by atoms with van der Waals surface area (Å²) in [6.07, 6.45) is 2.58. The number of carbonyl (C=O) groups is 1. The molecule has 1 aromatic carbocycles. The van der Waals surface area contributed by atoms with Gasteiger partial charge in [0.05, 0.1) is 5.60 Å². The molecule has 1 aliphatic carbocycles. The molecule has 0 saturated carbocycles. The highest BCUT2D eigenvalue weighted by molar-refractivity contribution is 6.02. The summed E-state index contributed by atoms with van der Waals surface area (Å²) in [5.41, 5.74) is 2.11. The number of hydrogen-bond donors (Lipinski definition) is 0. The lowest BCUT2D eigenvalue weighted by Crippen LogP contribution is -2.43. The Hall–Kier alpha value is -1.15. The fraction of sp³-hybridized carbons (Fsp3) is 0.533. The zero-order chi connectivity index (χ0) is 12.1. The van der Waals surface area contributed by atoms with Crippen LogP contribution in [-0.4, -0.2) is 18.0 Å². The van der Waals surface area contributed by atoms with E-state index < -0.39 is 0 Å². The quantitative estimate of drug-likeness (QED) is 0.684. The summed E-state index contributed by atoms with van der Waals surface area (Å²) in [4.78, 5) is 12.1. The van der Waals surface area contributed by atoms with Crippen molar-refractivity contribution in [2.75, 3.05) is 6.61 Å². The summed E-state index contributed by atoms with van der Waals surface area (Å²) >= 11 is 0. The Morgan fingerprint density at radius 1 is 1.24 bits per heavy atom. The van der Waals surface area contributed by atoms with Crippen LogP contribution in [0.4, 0.5) is 0 Å². The monoisotopic (exact) mass is 230 g/mol. The lowest BCUT2D eigenvalue weighted by Gasteiger charge is -2.43. The van der Waals surface area contributed by atoms with E-state index in [4.69, 9.17) is 4.74 Å². The molecule has 0 N–H and O–H groups in total. The summed E-state index contributed by atoms with van der Waals surface area (Å²) in [5.74, 6) is 0.304. The van der Waals surface area contributed by atoms with E-state index in [-0.39, 0.29) is 11.0 Å². The molecule has 1 spiro atoms. The Balaban J connectivity index is 2.08. The van der Waals surface area contributed by atoms with Crippen LogP contribution in [0.25, 0.3) is 0 Å². The molecule has 1 saturated heterocycles. The maximum atomic E-state index is 12.1. The summed E-state index contributed by atoms with van der Waals surface area (Å²) < 4.78 is 5.79. The van der Waals surface area contributed by atoms with Crippen molar-refractivity contribution in [3.63, 3.8) is 0 Å². The molecule has 1 aliphatic heterocycles. The van der Waals surface area contributed by atoms with Crippen LogP contribution in [0.3, 0.4) is 0 Å². The van der Waals surface area contributed by atoms with Crippen molar-refractivity contribution in [2.45, 2.75) is 44.1 Å². The first kappa shape index (κ1) is 11.0. The van der Waals surface area contributed by atoms with Crippen LogP contribution in [-0.2, 0) is 10.2 Å². The molecule has 1 atom stereocenters. The molecule has 2 aliphatic rings. The van der Waals surface area contributed by atoms with Gasteiger partial charge in [0.15, 0.2) is 5.78 Å². The molecular formula is C15H18O2. The van der Waals surface area contributed by atoms with Gasteiger partial charge in [-0.15, -0.1) is 0 Å². The third-order valence-corrected chi connectivity index (χ3v) is 4.14. The van der Waals surface area contributed by atoms with Gasteiger partial charge in [0, 0.05) is 24.0 Å². The first-order valence-electron chi connectivity index (χ1n) is 6.29. The number of carbonyl (C=O) groups excluding carboxylic acids is 1. The van der Waals surface area contributed by atoms with E-state index in [1.807, 2.05) is 18.2 Å². The van der Waals surface area contributed by atoms with Gasteiger partial charge in [-0.2, -0.15) is 0 Å². The standard InChI is InChI=1S/C15H18O2/c1-14(2)10-15(7-8-17-14)9-13(16)11-5-3-4-6-12(11)15/h3-6H,7-10H2,1-2H3. The normalized spacial score (nSPS) is 30.6. The second-order valence-electron chi connectivity index (χ2n) is 5.96. The number of benzene rings is 1. The van der Waals surface area contributed by atoms with Crippen LogP contribution in [0, 0.1) is 0 Å². The topological polar surface area (TPSA) is 26.3 Å². The van der Waals surface area contributed by atoms with E-state index in [9.17, 15) is 4.79 Å². The van der Waals surface area contributed by atoms with Gasteiger partial charge in [0.1, 0.15) is 0 Å². The third-order valence-electron chi connectivity index (χ3n) is 4.14. The molecule has 1 heterocycles. The van der Waals surface area contributed by atoms with E-state index in [0.717, 1.165) is 25.0 Å². The highest BCUT2D eigenvalue weighted by Crippen LogP contribution is 2.49. The Labute approximate surface area is 102 Å². The lowest BCUT2D eigenvalue weighted by atomic mass is 9.70. The fourth-order valence-corrected chi connectivity index (χ4v) is 3.54. The van der Waals surface area contributed by atoms with Gasteiger partial charge in [-0.3, -0.25) is 4.79 Å². The van der Waals surface area contributed by atoms with Crippen molar-refractivity contribution >= 4 is 5.78 Å². The van der Waals surface area contributed by atoms with Gasteiger partial charge < -0.3 is 4.74 Å². The minimum Gasteiger partial charge on any atom is -0.376 e. The van der Waals surface area contributed by atoms with Crippen LogP contribution in [0.15, 0.2) is 24.3 Å². The molecule has 17 heavy (non-hydrogen) atoms. The SMILES string of the molecule is CC1(C)CC2(CCO1)CC(=O)c1ccccc12. The van der Waals surface area contributed by atoms with Crippen molar-refractivity contribution in [1.29, 1.82) is 0 Å². The van der Waals surface area contributed by atoms with Gasteiger partial charge >= 0.3 is 0 Å². The highest BCUT2D eigenvalue weighted by atomic mass is 16.5. The zero-order valence-corrected chi connectivity index (χ0v) is 10.5. The fourth-order valence-electron chi connectivity index (χ4n) is 3.54. The van der Waals surface area contributed by atoms with Gasteiger partial charge in [-0.1, -0.05) is 24.3 Å².